The SMILES string of the molecule is COC(=O)c1ccccc1NC(=O)/C=C/c1ccsc1. The minimum Gasteiger partial charge on any atom is -0.465 e. The number of hydrogen-bond donors (Lipinski definition) is 1. The summed E-state index contributed by atoms with van der Waals surface area (Å²) in [6, 6.07) is 8.62. The Labute approximate surface area is 120 Å². The van der Waals surface area contributed by atoms with E-state index in [1.165, 1.54) is 13.2 Å². The van der Waals surface area contributed by atoms with Gasteiger partial charge in [-0.3, -0.25) is 4.79 Å². The minimum absolute atomic E-state index is 0.299. The van der Waals surface area contributed by atoms with Crippen molar-refractivity contribution in [1.29, 1.82) is 0 Å². The molecule has 0 saturated heterocycles. The van der Waals surface area contributed by atoms with Crippen molar-refractivity contribution >= 4 is 35.0 Å². The van der Waals surface area contributed by atoms with Crippen LogP contribution in [0.25, 0.3) is 6.08 Å². The Morgan fingerprint density at radius 3 is 2.75 bits per heavy atom. The highest BCUT2D eigenvalue weighted by Crippen LogP contribution is 2.16. The van der Waals surface area contributed by atoms with Crippen molar-refractivity contribution in [3.05, 3.63) is 58.3 Å². The molecule has 2 rings (SSSR count). The zero-order valence-corrected chi connectivity index (χ0v) is 11.6. The Kier molecular flexibility index (Phi) is 4.68. The smallest absolute Gasteiger partial charge is 0.339 e. The summed E-state index contributed by atoms with van der Waals surface area (Å²) in [7, 11) is 1.30. The van der Waals surface area contributed by atoms with E-state index in [-0.39, 0.29) is 5.91 Å². The van der Waals surface area contributed by atoms with Crippen molar-refractivity contribution in [2.75, 3.05) is 12.4 Å². The molecule has 1 N–H and O–H groups in total. The van der Waals surface area contributed by atoms with Crippen molar-refractivity contribution in [2.45, 2.75) is 0 Å². The van der Waals surface area contributed by atoms with Crippen molar-refractivity contribution in [1.82, 2.24) is 0 Å². The zero-order valence-electron chi connectivity index (χ0n) is 10.8. The fourth-order valence-corrected chi connectivity index (χ4v) is 2.22. The van der Waals surface area contributed by atoms with Gasteiger partial charge in [-0.2, -0.15) is 11.3 Å². The molecule has 20 heavy (non-hydrogen) atoms. The van der Waals surface area contributed by atoms with Crippen LogP contribution in [0.15, 0.2) is 47.2 Å². The topological polar surface area (TPSA) is 55.4 Å². The minimum atomic E-state index is -0.484. The molecule has 1 aromatic heterocycles. The van der Waals surface area contributed by atoms with Crippen LogP contribution in [0.3, 0.4) is 0 Å². The number of rotatable bonds is 4. The molecule has 1 amide bonds. The summed E-state index contributed by atoms with van der Waals surface area (Å²) >= 11 is 1.56. The molecular weight excluding hydrogens is 274 g/mol. The first-order chi connectivity index (χ1) is 9.70. The number of amides is 1. The Bertz CT molecular complexity index is 632. The van der Waals surface area contributed by atoms with Gasteiger partial charge in [0.25, 0.3) is 0 Å². The Morgan fingerprint density at radius 2 is 2.05 bits per heavy atom. The average Bonchev–Trinajstić information content (AvgIpc) is 2.98. The quantitative estimate of drug-likeness (QED) is 0.694. The molecule has 0 aliphatic carbocycles. The lowest BCUT2D eigenvalue weighted by atomic mass is 10.2. The third-order valence-electron chi connectivity index (χ3n) is 2.56. The highest BCUT2D eigenvalue weighted by Gasteiger charge is 2.11. The van der Waals surface area contributed by atoms with Crippen molar-refractivity contribution in [3.8, 4) is 0 Å². The monoisotopic (exact) mass is 287 g/mol. The van der Waals surface area contributed by atoms with Gasteiger partial charge in [0.15, 0.2) is 0 Å². The molecule has 5 heteroatoms. The van der Waals surface area contributed by atoms with Crippen LogP contribution in [0.2, 0.25) is 0 Å². The van der Waals surface area contributed by atoms with Gasteiger partial charge >= 0.3 is 5.97 Å². The summed E-state index contributed by atoms with van der Waals surface area (Å²) in [5, 5.41) is 6.54. The largest absolute Gasteiger partial charge is 0.465 e. The standard InChI is InChI=1S/C15H13NO3S/c1-19-15(18)12-4-2-3-5-13(12)16-14(17)7-6-11-8-9-20-10-11/h2-10H,1H3,(H,16,17)/b7-6+. The maximum atomic E-state index is 11.8. The van der Waals surface area contributed by atoms with E-state index in [0.29, 0.717) is 11.3 Å². The highest BCUT2D eigenvalue weighted by molar-refractivity contribution is 7.08. The van der Waals surface area contributed by atoms with Crippen LogP contribution < -0.4 is 5.32 Å². The van der Waals surface area contributed by atoms with E-state index >= 15 is 0 Å². The van der Waals surface area contributed by atoms with Gasteiger partial charge in [-0.15, -0.1) is 0 Å². The van der Waals surface area contributed by atoms with Gasteiger partial charge in [-0.25, -0.2) is 4.79 Å². The lowest BCUT2D eigenvalue weighted by Gasteiger charge is -2.07. The number of carbonyl (C=O) groups excluding carboxylic acids is 2. The van der Waals surface area contributed by atoms with Crippen LogP contribution in [0.4, 0.5) is 5.69 Å². The molecule has 1 aromatic carbocycles. The summed E-state index contributed by atoms with van der Waals surface area (Å²) in [4.78, 5) is 23.4. The molecule has 4 nitrogen and oxygen atoms in total. The van der Waals surface area contributed by atoms with Crippen LogP contribution >= 0.6 is 11.3 Å². The van der Waals surface area contributed by atoms with Crippen molar-refractivity contribution in [2.24, 2.45) is 0 Å². The van der Waals surface area contributed by atoms with E-state index in [2.05, 4.69) is 10.1 Å². The summed E-state index contributed by atoms with van der Waals surface area (Å²) < 4.78 is 4.67. The molecule has 0 spiro atoms. The fourth-order valence-electron chi connectivity index (χ4n) is 1.60. The van der Waals surface area contributed by atoms with Crippen molar-refractivity contribution < 1.29 is 14.3 Å². The molecule has 0 bridgehead atoms. The Balaban J connectivity index is 2.10. The molecule has 0 saturated carbocycles. The van der Waals surface area contributed by atoms with E-state index < -0.39 is 5.97 Å². The van der Waals surface area contributed by atoms with E-state index in [0.717, 1.165) is 5.56 Å². The number of esters is 1. The number of methoxy groups -OCH3 is 1. The van der Waals surface area contributed by atoms with E-state index in [9.17, 15) is 9.59 Å². The average molecular weight is 287 g/mol. The number of nitrogens with one attached hydrogen (secondary N) is 1. The molecule has 0 unspecified atom stereocenters. The first-order valence-electron chi connectivity index (χ1n) is 5.89. The molecule has 0 aliphatic rings. The Hall–Kier alpha value is -2.40. The predicted molar refractivity (Wildman–Crippen MR) is 79.8 cm³/mol. The van der Waals surface area contributed by atoms with Crippen LogP contribution in [0.1, 0.15) is 15.9 Å². The zero-order chi connectivity index (χ0) is 14.4. The van der Waals surface area contributed by atoms with Gasteiger partial charge in [-0.05, 0) is 40.6 Å². The number of carbonyl (C=O) groups is 2. The number of thiophene rings is 1. The van der Waals surface area contributed by atoms with Gasteiger partial charge in [0, 0.05) is 6.08 Å². The molecule has 0 atom stereocenters. The second kappa shape index (κ2) is 6.68. The van der Waals surface area contributed by atoms with Gasteiger partial charge in [0.1, 0.15) is 0 Å². The number of hydrogen-bond acceptors (Lipinski definition) is 4. The number of benzene rings is 1. The summed E-state index contributed by atoms with van der Waals surface area (Å²) in [6.45, 7) is 0. The summed E-state index contributed by atoms with van der Waals surface area (Å²) in [5.41, 5.74) is 1.72. The lowest BCUT2D eigenvalue weighted by Crippen LogP contribution is -2.12. The first-order valence-corrected chi connectivity index (χ1v) is 6.83. The maximum Gasteiger partial charge on any atom is 0.339 e. The second-order valence-corrected chi connectivity index (χ2v) is 4.70. The molecule has 1 heterocycles. The van der Waals surface area contributed by atoms with E-state index in [1.54, 1.807) is 41.7 Å². The van der Waals surface area contributed by atoms with Gasteiger partial charge in [0.05, 0.1) is 18.4 Å². The van der Waals surface area contributed by atoms with Crippen LogP contribution in [0, 0.1) is 0 Å². The first kappa shape index (κ1) is 14.0. The lowest BCUT2D eigenvalue weighted by molar-refractivity contribution is -0.111. The molecule has 0 radical (unpaired) electrons. The normalized spacial score (nSPS) is 10.4. The predicted octanol–water partition coefficient (Wildman–Crippen LogP) is 3.19. The van der Waals surface area contributed by atoms with Gasteiger partial charge < -0.3 is 10.1 Å². The molecule has 2 aromatic rings. The van der Waals surface area contributed by atoms with Crippen LogP contribution in [-0.4, -0.2) is 19.0 Å². The molecular formula is C15H13NO3S. The fraction of sp³-hybridized carbons (Fsp3) is 0.0667. The van der Waals surface area contributed by atoms with Gasteiger partial charge in [0.2, 0.25) is 5.91 Å². The van der Waals surface area contributed by atoms with E-state index in [4.69, 9.17) is 0 Å². The van der Waals surface area contributed by atoms with Crippen LogP contribution in [-0.2, 0) is 9.53 Å². The second-order valence-electron chi connectivity index (χ2n) is 3.92. The Morgan fingerprint density at radius 1 is 1.25 bits per heavy atom. The maximum absolute atomic E-state index is 11.8. The molecule has 0 fully saturated rings. The van der Waals surface area contributed by atoms with Crippen LogP contribution in [0.5, 0.6) is 0 Å². The summed E-state index contributed by atoms with van der Waals surface area (Å²) in [6.07, 6.45) is 3.14. The molecule has 0 aliphatic heterocycles. The van der Waals surface area contributed by atoms with Crippen molar-refractivity contribution in [3.63, 3.8) is 0 Å². The number of para-hydroxylation sites is 1. The van der Waals surface area contributed by atoms with E-state index in [1.807, 2.05) is 16.8 Å². The third-order valence-corrected chi connectivity index (χ3v) is 3.26. The summed E-state index contributed by atoms with van der Waals surface area (Å²) in [5.74, 6) is -0.782. The highest BCUT2D eigenvalue weighted by atomic mass is 32.1. The number of ether oxygens (including phenoxy) is 1. The third kappa shape index (κ3) is 3.55. The van der Waals surface area contributed by atoms with Gasteiger partial charge in [-0.1, -0.05) is 12.1 Å². The number of anilines is 1. The molecule has 102 valence electrons.